The molecule has 2 aromatic rings. The van der Waals surface area contributed by atoms with Crippen LogP contribution in [0.5, 0.6) is 0 Å². The fourth-order valence-corrected chi connectivity index (χ4v) is 2.52. The van der Waals surface area contributed by atoms with Crippen molar-refractivity contribution in [2.24, 2.45) is 0 Å². The monoisotopic (exact) mass is 275 g/mol. The molecular formula is C16H22FN3. The zero-order valence-electron chi connectivity index (χ0n) is 12.4. The second-order valence-corrected chi connectivity index (χ2v) is 4.97. The maximum atomic E-state index is 13.3. The van der Waals surface area contributed by atoms with Gasteiger partial charge in [0.05, 0.1) is 6.04 Å². The van der Waals surface area contributed by atoms with Crippen molar-refractivity contribution in [2.45, 2.75) is 39.8 Å². The summed E-state index contributed by atoms with van der Waals surface area (Å²) < 4.78 is 15.5. The minimum absolute atomic E-state index is 0.00199. The molecule has 0 radical (unpaired) electrons. The van der Waals surface area contributed by atoms with Crippen molar-refractivity contribution in [3.8, 4) is 0 Å². The normalized spacial score (nSPS) is 12.6. The molecule has 4 heteroatoms. The van der Waals surface area contributed by atoms with Crippen LogP contribution in [-0.2, 0) is 6.54 Å². The summed E-state index contributed by atoms with van der Waals surface area (Å²) in [6.45, 7) is 7.93. The zero-order chi connectivity index (χ0) is 14.5. The van der Waals surface area contributed by atoms with Gasteiger partial charge in [-0.25, -0.2) is 9.37 Å². The first-order valence-electron chi connectivity index (χ1n) is 7.17. The largest absolute Gasteiger partial charge is 0.333 e. The highest BCUT2D eigenvalue weighted by Crippen LogP contribution is 2.24. The lowest BCUT2D eigenvalue weighted by molar-refractivity contribution is 0.540. The molecule has 1 aromatic heterocycles. The number of hydrogen-bond donors (Lipinski definition) is 1. The molecule has 0 saturated heterocycles. The molecule has 1 heterocycles. The maximum absolute atomic E-state index is 13.3. The maximum Gasteiger partial charge on any atom is 0.130 e. The number of nitrogens with one attached hydrogen (secondary N) is 1. The smallest absolute Gasteiger partial charge is 0.130 e. The average Bonchev–Trinajstić information content (AvgIpc) is 2.85. The van der Waals surface area contributed by atoms with Crippen molar-refractivity contribution in [3.05, 3.63) is 53.4 Å². The third-order valence-electron chi connectivity index (χ3n) is 3.42. The van der Waals surface area contributed by atoms with Crippen LogP contribution in [0.2, 0.25) is 0 Å². The van der Waals surface area contributed by atoms with Gasteiger partial charge in [-0.05, 0) is 43.1 Å². The van der Waals surface area contributed by atoms with Gasteiger partial charge in [-0.15, -0.1) is 0 Å². The van der Waals surface area contributed by atoms with Crippen LogP contribution in [0.1, 0.15) is 43.3 Å². The molecule has 0 saturated carbocycles. The van der Waals surface area contributed by atoms with Gasteiger partial charge < -0.3 is 9.88 Å². The van der Waals surface area contributed by atoms with Gasteiger partial charge in [0.1, 0.15) is 11.6 Å². The molecule has 20 heavy (non-hydrogen) atoms. The molecule has 0 aliphatic heterocycles. The zero-order valence-corrected chi connectivity index (χ0v) is 12.4. The molecule has 0 aliphatic rings. The van der Waals surface area contributed by atoms with Crippen molar-refractivity contribution in [3.63, 3.8) is 0 Å². The summed E-state index contributed by atoms with van der Waals surface area (Å²) in [5.41, 5.74) is 2.03. The Morgan fingerprint density at radius 3 is 2.80 bits per heavy atom. The number of rotatable bonds is 6. The van der Waals surface area contributed by atoms with Gasteiger partial charge in [0, 0.05) is 18.9 Å². The number of halogens is 1. The van der Waals surface area contributed by atoms with E-state index in [1.165, 1.54) is 6.07 Å². The molecule has 108 valence electrons. The molecule has 0 amide bonds. The summed E-state index contributed by atoms with van der Waals surface area (Å²) in [5, 5.41) is 3.45. The first-order chi connectivity index (χ1) is 9.67. The molecule has 2 rings (SSSR count). The van der Waals surface area contributed by atoms with E-state index in [9.17, 15) is 4.39 Å². The predicted molar refractivity (Wildman–Crippen MR) is 79.2 cm³/mol. The number of benzene rings is 1. The minimum Gasteiger partial charge on any atom is -0.333 e. The average molecular weight is 275 g/mol. The van der Waals surface area contributed by atoms with Gasteiger partial charge in [-0.2, -0.15) is 0 Å². The molecule has 0 aliphatic carbocycles. The fraction of sp³-hybridized carbons (Fsp3) is 0.438. The van der Waals surface area contributed by atoms with Gasteiger partial charge in [-0.3, -0.25) is 0 Å². The molecule has 1 atom stereocenters. The third kappa shape index (κ3) is 3.07. The Morgan fingerprint density at radius 1 is 1.35 bits per heavy atom. The number of hydrogen-bond acceptors (Lipinski definition) is 2. The summed E-state index contributed by atoms with van der Waals surface area (Å²) in [5.74, 6) is 0.793. The van der Waals surface area contributed by atoms with Gasteiger partial charge in [0.2, 0.25) is 0 Å². The number of aromatic nitrogens is 2. The SMILES string of the molecule is CCCn1ccnc1C(NCC)c1ccc(F)cc1C. The van der Waals surface area contributed by atoms with Crippen LogP contribution in [0, 0.1) is 12.7 Å². The Morgan fingerprint density at radius 2 is 2.15 bits per heavy atom. The topological polar surface area (TPSA) is 29.9 Å². The third-order valence-corrected chi connectivity index (χ3v) is 3.42. The van der Waals surface area contributed by atoms with E-state index in [0.29, 0.717) is 0 Å². The van der Waals surface area contributed by atoms with E-state index in [1.807, 2.05) is 25.4 Å². The van der Waals surface area contributed by atoms with Gasteiger partial charge in [0.25, 0.3) is 0 Å². The second-order valence-electron chi connectivity index (χ2n) is 4.97. The highest BCUT2D eigenvalue weighted by Gasteiger charge is 2.20. The van der Waals surface area contributed by atoms with Crippen LogP contribution in [0.3, 0.4) is 0 Å². The standard InChI is InChI=1S/C16H22FN3/c1-4-9-20-10-8-19-16(20)15(18-5-2)14-7-6-13(17)11-12(14)3/h6-8,10-11,15,18H,4-5,9H2,1-3H3. The van der Waals surface area contributed by atoms with E-state index in [2.05, 4.69) is 28.7 Å². The minimum atomic E-state index is -0.196. The summed E-state index contributed by atoms with van der Waals surface area (Å²) in [7, 11) is 0. The molecule has 0 bridgehead atoms. The quantitative estimate of drug-likeness (QED) is 0.875. The molecule has 1 aromatic carbocycles. The van der Waals surface area contributed by atoms with Crippen molar-refractivity contribution in [1.82, 2.24) is 14.9 Å². The highest BCUT2D eigenvalue weighted by molar-refractivity contribution is 5.33. The van der Waals surface area contributed by atoms with E-state index < -0.39 is 0 Å². The van der Waals surface area contributed by atoms with Crippen molar-refractivity contribution < 1.29 is 4.39 Å². The lowest BCUT2D eigenvalue weighted by Gasteiger charge is -2.21. The molecule has 1 N–H and O–H groups in total. The van der Waals surface area contributed by atoms with E-state index in [-0.39, 0.29) is 11.9 Å². The molecule has 0 spiro atoms. The Hall–Kier alpha value is -1.68. The summed E-state index contributed by atoms with van der Waals surface area (Å²) in [6, 6.07) is 4.94. The lowest BCUT2D eigenvalue weighted by Crippen LogP contribution is -2.26. The Balaban J connectivity index is 2.42. The molecule has 0 fully saturated rings. The van der Waals surface area contributed by atoms with Crippen LogP contribution in [0.25, 0.3) is 0 Å². The van der Waals surface area contributed by atoms with Crippen LogP contribution in [0.15, 0.2) is 30.6 Å². The first kappa shape index (κ1) is 14.7. The van der Waals surface area contributed by atoms with Crippen LogP contribution < -0.4 is 5.32 Å². The summed E-state index contributed by atoms with van der Waals surface area (Å²) in [6.07, 6.45) is 4.89. The summed E-state index contributed by atoms with van der Waals surface area (Å²) in [4.78, 5) is 4.50. The summed E-state index contributed by atoms with van der Waals surface area (Å²) >= 11 is 0. The van der Waals surface area contributed by atoms with Crippen molar-refractivity contribution >= 4 is 0 Å². The van der Waals surface area contributed by atoms with Gasteiger partial charge in [-0.1, -0.05) is 19.9 Å². The first-order valence-corrected chi connectivity index (χ1v) is 7.17. The van der Waals surface area contributed by atoms with Crippen LogP contribution in [0.4, 0.5) is 4.39 Å². The van der Waals surface area contributed by atoms with E-state index in [4.69, 9.17) is 0 Å². The highest BCUT2D eigenvalue weighted by atomic mass is 19.1. The van der Waals surface area contributed by atoms with E-state index in [1.54, 1.807) is 6.07 Å². The Labute approximate surface area is 119 Å². The van der Waals surface area contributed by atoms with Crippen molar-refractivity contribution in [2.75, 3.05) is 6.54 Å². The molecular weight excluding hydrogens is 253 g/mol. The Bertz CT molecular complexity index is 563. The molecule has 1 unspecified atom stereocenters. The van der Waals surface area contributed by atoms with Crippen molar-refractivity contribution in [1.29, 1.82) is 0 Å². The fourth-order valence-electron chi connectivity index (χ4n) is 2.52. The Kier molecular flexibility index (Phi) is 4.90. The van der Waals surface area contributed by atoms with E-state index >= 15 is 0 Å². The second kappa shape index (κ2) is 6.66. The number of aryl methyl sites for hydroxylation is 2. The van der Waals surface area contributed by atoms with Crippen LogP contribution >= 0.6 is 0 Å². The lowest BCUT2D eigenvalue weighted by atomic mass is 10.00. The van der Waals surface area contributed by atoms with Gasteiger partial charge >= 0.3 is 0 Å². The van der Waals surface area contributed by atoms with E-state index in [0.717, 1.165) is 36.5 Å². The molecule has 3 nitrogen and oxygen atoms in total. The number of imidazole rings is 1. The van der Waals surface area contributed by atoms with Crippen LogP contribution in [-0.4, -0.2) is 16.1 Å². The predicted octanol–water partition coefficient (Wildman–Crippen LogP) is 3.44. The van der Waals surface area contributed by atoms with Gasteiger partial charge in [0.15, 0.2) is 0 Å². The number of nitrogens with zero attached hydrogens (tertiary/aromatic N) is 2.